The highest BCUT2D eigenvalue weighted by molar-refractivity contribution is 7.92. The lowest BCUT2D eigenvalue weighted by atomic mass is 9.82. The van der Waals surface area contributed by atoms with Crippen LogP contribution in [-0.2, 0) is 15.8 Å². The van der Waals surface area contributed by atoms with Crippen LogP contribution in [-0.4, -0.2) is 34.1 Å². The van der Waals surface area contributed by atoms with E-state index in [2.05, 4.69) is 49.5 Å². The average molecular weight is 497 g/mol. The third-order valence-electron chi connectivity index (χ3n) is 6.59. The fourth-order valence-electron chi connectivity index (χ4n) is 5.02. The highest BCUT2D eigenvalue weighted by Crippen LogP contribution is 2.44. The van der Waals surface area contributed by atoms with Gasteiger partial charge in [-0.3, -0.25) is 0 Å². The zero-order chi connectivity index (χ0) is 23.3. The summed E-state index contributed by atoms with van der Waals surface area (Å²) in [5, 5.41) is 4.39. The van der Waals surface area contributed by atoms with Gasteiger partial charge in [0.1, 0.15) is 12.2 Å². The lowest BCUT2D eigenvalue weighted by molar-refractivity contribution is -0.163. The Morgan fingerprint density at radius 3 is 2.94 bits per heavy atom. The number of piperidine rings is 1. The highest BCUT2D eigenvalue weighted by Gasteiger charge is 2.31. The molecule has 0 unspecified atom stereocenters. The normalized spacial score (nSPS) is 18.6. The monoisotopic (exact) mass is 496 g/mol. The summed E-state index contributed by atoms with van der Waals surface area (Å²) < 4.78 is 9.43. The van der Waals surface area contributed by atoms with Crippen molar-refractivity contribution in [2.75, 3.05) is 20.2 Å². The molecular weight excluding hydrogens is 468 g/mol. The van der Waals surface area contributed by atoms with Crippen LogP contribution in [0.5, 0.6) is 0 Å². The van der Waals surface area contributed by atoms with E-state index in [1.807, 2.05) is 31.0 Å². The summed E-state index contributed by atoms with van der Waals surface area (Å²) in [6.45, 7) is 2.83. The summed E-state index contributed by atoms with van der Waals surface area (Å²) in [5.41, 5.74) is 7.72. The molecule has 0 spiro atoms. The van der Waals surface area contributed by atoms with E-state index in [1.54, 1.807) is 0 Å². The minimum Gasteiger partial charge on any atom is -0.361 e. The van der Waals surface area contributed by atoms with Gasteiger partial charge in [0.15, 0.2) is 0 Å². The van der Waals surface area contributed by atoms with E-state index in [1.165, 1.54) is 52.9 Å². The number of aryl methyl sites for hydroxylation is 1. The molecule has 3 heterocycles. The largest absolute Gasteiger partial charge is 0.361 e. The summed E-state index contributed by atoms with van der Waals surface area (Å²) in [5.74, 6) is 0.440. The minimum atomic E-state index is 0.440. The maximum absolute atomic E-state index is 6.47. The Labute approximate surface area is 210 Å². The van der Waals surface area contributed by atoms with Crippen LogP contribution in [0.1, 0.15) is 36.8 Å². The van der Waals surface area contributed by atoms with Crippen molar-refractivity contribution in [1.82, 2.24) is 19.2 Å². The second kappa shape index (κ2) is 11.0. The molecule has 34 heavy (non-hydrogen) atoms. The van der Waals surface area contributed by atoms with Crippen molar-refractivity contribution in [3.8, 4) is 0 Å². The number of imidazole rings is 1. The van der Waals surface area contributed by atoms with E-state index < -0.39 is 0 Å². The molecule has 1 aromatic heterocycles. The second-order valence-electron chi connectivity index (χ2n) is 8.69. The van der Waals surface area contributed by atoms with Crippen molar-refractivity contribution in [3.05, 3.63) is 88.3 Å². The van der Waals surface area contributed by atoms with Crippen molar-refractivity contribution in [2.24, 2.45) is 5.92 Å². The number of benzene rings is 1. The lowest BCUT2D eigenvalue weighted by Gasteiger charge is -2.33. The number of rotatable bonds is 8. The van der Waals surface area contributed by atoms with Gasteiger partial charge < -0.3 is 9.88 Å². The molecule has 2 aromatic rings. The first kappa shape index (κ1) is 23.5. The molecule has 1 fully saturated rings. The first-order chi connectivity index (χ1) is 16.7. The summed E-state index contributed by atoms with van der Waals surface area (Å²) in [4.78, 5) is 8.93. The number of hydrogen-bond acceptors (Lipinski definition) is 6. The third kappa shape index (κ3) is 5.19. The molecule has 0 radical (unpaired) electrons. The molecule has 178 valence electrons. The van der Waals surface area contributed by atoms with Gasteiger partial charge in [-0.15, -0.1) is 4.33 Å². The van der Waals surface area contributed by atoms with Gasteiger partial charge >= 0.3 is 0 Å². The van der Waals surface area contributed by atoms with E-state index in [9.17, 15) is 0 Å². The third-order valence-corrected chi connectivity index (χ3v) is 7.60. The van der Waals surface area contributed by atoms with Crippen LogP contribution >= 0.6 is 23.8 Å². The van der Waals surface area contributed by atoms with Crippen LogP contribution in [0.3, 0.4) is 0 Å². The molecule has 1 aliphatic carbocycles. The van der Waals surface area contributed by atoms with Gasteiger partial charge in [-0.2, -0.15) is 0 Å². The first-order valence-corrected chi connectivity index (χ1v) is 12.8. The average Bonchev–Trinajstić information content (AvgIpc) is 3.34. The van der Waals surface area contributed by atoms with Gasteiger partial charge in [-0.25, -0.2) is 14.2 Å². The molecule has 6 nitrogen and oxygen atoms in total. The SMILES string of the molecule is COOSN1CCC(C2=C3NC=CC=C3C(CCCn3ccnc3)=Cc3cc(Cl)ccc32)CC1. The quantitative estimate of drug-likeness (QED) is 0.209. The Kier molecular flexibility index (Phi) is 7.57. The zero-order valence-electron chi connectivity index (χ0n) is 19.2. The molecule has 1 N–H and O–H groups in total. The number of nitrogens with zero attached hydrogens (tertiary/aromatic N) is 3. The smallest absolute Gasteiger partial charge is 0.121 e. The molecule has 0 amide bonds. The maximum atomic E-state index is 6.47. The minimum absolute atomic E-state index is 0.440. The topological polar surface area (TPSA) is 51.6 Å². The number of halogens is 1. The number of allylic oxidation sites excluding steroid dienone is 4. The van der Waals surface area contributed by atoms with Gasteiger partial charge in [-0.05, 0) is 72.1 Å². The number of hydrogen-bond donors (Lipinski definition) is 1. The lowest BCUT2D eigenvalue weighted by Crippen LogP contribution is -2.30. The Morgan fingerprint density at radius 2 is 2.15 bits per heavy atom. The van der Waals surface area contributed by atoms with Crippen molar-refractivity contribution in [1.29, 1.82) is 0 Å². The Bertz CT molecular complexity index is 1130. The van der Waals surface area contributed by atoms with Gasteiger partial charge in [0.25, 0.3) is 0 Å². The molecule has 1 saturated heterocycles. The number of aromatic nitrogens is 2. The molecule has 1 aromatic carbocycles. The molecule has 3 aliphatic rings. The van der Waals surface area contributed by atoms with E-state index >= 15 is 0 Å². The highest BCUT2D eigenvalue weighted by atomic mass is 35.5. The molecule has 0 saturated carbocycles. The number of fused-ring (bicyclic) bond motifs is 2. The van der Waals surface area contributed by atoms with Crippen LogP contribution in [0, 0.1) is 5.92 Å². The van der Waals surface area contributed by atoms with Gasteiger partial charge in [0.2, 0.25) is 0 Å². The standard InChI is InChI=1S/C26H29ClN4O2S/c1-32-33-34-31-13-8-19(9-14-31)25-23-7-6-22(27)17-21(23)16-20(24-5-2-10-29-26(24)25)4-3-12-30-15-11-28-18-30/h2,5-7,10-11,15-19,29H,3-4,8-9,12-14H2,1H3. The fraction of sp³-hybridized carbons (Fsp3) is 0.346. The van der Waals surface area contributed by atoms with E-state index in [0.717, 1.165) is 50.3 Å². The predicted octanol–water partition coefficient (Wildman–Crippen LogP) is 6.02. The number of dihydropyridines is 1. The zero-order valence-corrected chi connectivity index (χ0v) is 20.8. The summed E-state index contributed by atoms with van der Waals surface area (Å²) in [7, 11) is 1.54. The molecule has 8 heteroatoms. The summed E-state index contributed by atoms with van der Waals surface area (Å²) in [6, 6.07) is 6.31. The van der Waals surface area contributed by atoms with Crippen molar-refractivity contribution < 1.29 is 9.22 Å². The fourth-order valence-corrected chi connectivity index (χ4v) is 5.71. The van der Waals surface area contributed by atoms with Crippen molar-refractivity contribution in [3.63, 3.8) is 0 Å². The second-order valence-corrected chi connectivity index (χ2v) is 9.93. The molecule has 0 atom stereocenters. The van der Waals surface area contributed by atoms with Gasteiger partial charge in [0, 0.05) is 54.5 Å². The maximum Gasteiger partial charge on any atom is 0.121 e. The van der Waals surface area contributed by atoms with Gasteiger partial charge in [0.05, 0.1) is 13.4 Å². The Hall–Kier alpha value is -2.29. The van der Waals surface area contributed by atoms with Crippen LogP contribution in [0.25, 0.3) is 11.6 Å². The Balaban J connectivity index is 1.47. The summed E-state index contributed by atoms with van der Waals surface area (Å²) >= 11 is 7.76. The van der Waals surface area contributed by atoms with Crippen LogP contribution in [0.15, 0.2) is 72.1 Å². The van der Waals surface area contributed by atoms with E-state index in [0.29, 0.717) is 5.92 Å². The van der Waals surface area contributed by atoms with E-state index in [4.69, 9.17) is 20.8 Å². The van der Waals surface area contributed by atoms with Crippen molar-refractivity contribution >= 4 is 35.5 Å². The van der Waals surface area contributed by atoms with Crippen molar-refractivity contribution in [2.45, 2.75) is 32.2 Å². The molecule has 2 aliphatic heterocycles. The Morgan fingerprint density at radius 1 is 1.26 bits per heavy atom. The molecule has 5 rings (SSSR count). The predicted molar refractivity (Wildman–Crippen MR) is 138 cm³/mol. The molecule has 0 bridgehead atoms. The number of nitrogens with one attached hydrogen (secondary N) is 1. The summed E-state index contributed by atoms with van der Waals surface area (Å²) in [6.07, 6.45) is 18.6. The van der Waals surface area contributed by atoms with Crippen LogP contribution < -0.4 is 5.32 Å². The van der Waals surface area contributed by atoms with Crippen LogP contribution in [0.2, 0.25) is 5.02 Å². The van der Waals surface area contributed by atoms with Crippen LogP contribution in [0.4, 0.5) is 0 Å². The van der Waals surface area contributed by atoms with Gasteiger partial charge in [-0.1, -0.05) is 29.8 Å². The van der Waals surface area contributed by atoms with E-state index in [-0.39, 0.29) is 0 Å². The first-order valence-electron chi connectivity index (χ1n) is 11.7. The molecular formula is C26H29ClN4O2S.